The lowest BCUT2D eigenvalue weighted by molar-refractivity contribution is 1.12. The Hall–Kier alpha value is -0.900. The average Bonchev–Trinajstić information content (AvgIpc) is 2.37. The van der Waals surface area contributed by atoms with Gasteiger partial charge in [-0.3, -0.25) is 0 Å². The largest absolute Gasteiger partial charge is 0.381 e. The van der Waals surface area contributed by atoms with E-state index in [0.717, 1.165) is 31.5 Å². The fourth-order valence-electron chi connectivity index (χ4n) is 1.84. The predicted octanol–water partition coefficient (Wildman–Crippen LogP) is 5.43. The Morgan fingerprint density at radius 1 is 1.05 bits per heavy atom. The maximum absolute atomic E-state index is 6.24. The summed E-state index contributed by atoms with van der Waals surface area (Å²) in [5.74, 6) is 0. The molecule has 106 valence electrons. The van der Waals surface area contributed by atoms with Gasteiger partial charge in [-0.1, -0.05) is 45.2 Å². The minimum atomic E-state index is 0.657. The zero-order valence-corrected chi connectivity index (χ0v) is 14.4. The standard InChI is InChI=1S/C15H15BrCl2N2/c1-20(2)15-6-5-12(8-14(15)18)19-9-10-3-4-11(16)7-13(10)17/h3-8,19H,9H2,1-2H3. The van der Waals surface area contributed by atoms with Crippen LogP contribution in [0.25, 0.3) is 0 Å². The van der Waals surface area contributed by atoms with Crippen molar-refractivity contribution in [1.29, 1.82) is 0 Å². The summed E-state index contributed by atoms with van der Waals surface area (Å²) < 4.78 is 0.977. The molecule has 0 aliphatic carbocycles. The third-order valence-electron chi connectivity index (χ3n) is 2.93. The van der Waals surface area contributed by atoms with Crippen LogP contribution in [0.5, 0.6) is 0 Å². The highest BCUT2D eigenvalue weighted by Gasteiger charge is 2.05. The molecular formula is C15H15BrCl2N2. The summed E-state index contributed by atoms with van der Waals surface area (Å²) in [6.45, 7) is 0.657. The summed E-state index contributed by atoms with van der Waals surface area (Å²) in [4.78, 5) is 1.98. The zero-order valence-electron chi connectivity index (χ0n) is 11.3. The molecule has 20 heavy (non-hydrogen) atoms. The van der Waals surface area contributed by atoms with E-state index in [1.165, 1.54) is 0 Å². The second-order valence-electron chi connectivity index (χ2n) is 4.65. The number of hydrogen-bond donors (Lipinski definition) is 1. The first kappa shape index (κ1) is 15.5. The number of nitrogens with one attached hydrogen (secondary N) is 1. The van der Waals surface area contributed by atoms with Crippen LogP contribution in [0.3, 0.4) is 0 Å². The Labute approximate surface area is 137 Å². The molecule has 0 aliphatic heterocycles. The van der Waals surface area contributed by atoms with E-state index in [4.69, 9.17) is 23.2 Å². The number of anilines is 2. The van der Waals surface area contributed by atoms with Crippen molar-refractivity contribution >= 4 is 50.5 Å². The molecular weight excluding hydrogens is 359 g/mol. The molecule has 0 aromatic heterocycles. The van der Waals surface area contributed by atoms with Gasteiger partial charge in [0.15, 0.2) is 0 Å². The van der Waals surface area contributed by atoms with Crippen molar-refractivity contribution < 1.29 is 0 Å². The molecule has 1 N–H and O–H groups in total. The third-order valence-corrected chi connectivity index (χ3v) is 4.08. The Balaban J connectivity index is 2.09. The fraction of sp³-hybridized carbons (Fsp3) is 0.200. The van der Waals surface area contributed by atoms with Gasteiger partial charge in [0.2, 0.25) is 0 Å². The number of halogens is 3. The molecule has 0 radical (unpaired) electrons. The van der Waals surface area contributed by atoms with Gasteiger partial charge in [-0.2, -0.15) is 0 Å². The van der Waals surface area contributed by atoms with E-state index < -0.39 is 0 Å². The van der Waals surface area contributed by atoms with Crippen molar-refractivity contribution in [2.45, 2.75) is 6.54 Å². The van der Waals surface area contributed by atoms with Crippen LogP contribution >= 0.6 is 39.1 Å². The van der Waals surface area contributed by atoms with Gasteiger partial charge in [0.25, 0.3) is 0 Å². The molecule has 0 unspecified atom stereocenters. The van der Waals surface area contributed by atoms with E-state index in [0.29, 0.717) is 6.54 Å². The summed E-state index contributed by atoms with van der Waals surface area (Å²) in [5, 5.41) is 4.79. The van der Waals surface area contributed by atoms with Gasteiger partial charge in [-0.05, 0) is 35.9 Å². The molecule has 0 fully saturated rings. The second-order valence-corrected chi connectivity index (χ2v) is 6.38. The van der Waals surface area contributed by atoms with Gasteiger partial charge in [-0.25, -0.2) is 0 Å². The zero-order chi connectivity index (χ0) is 14.7. The van der Waals surface area contributed by atoms with Crippen LogP contribution in [0.15, 0.2) is 40.9 Å². The minimum Gasteiger partial charge on any atom is -0.381 e. The molecule has 2 aromatic carbocycles. The highest BCUT2D eigenvalue weighted by Crippen LogP contribution is 2.28. The molecule has 0 heterocycles. The van der Waals surface area contributed by atoms with E-state index in [2.05, 4.69) is 21.2 Å². The molecule has 2 aromatic rings. The molecule has 2 rings (SSSR count). The monoisotopic (exact) mass is 372 g/mol. The number of rotatable bonds is 4. The van der Waals surface area contributed by atoms with E-state index in [1.54, 1.807) is 0 Å². The highest BCUT2D eigenvalue weighted by atomic mass is 79.9. The van der Waals surface area contributed by atoms with Gasteiger partial charge in [0, 0.05) is 35.8 Å². The molecule has 2 nitrogen and oxygen atoms in total. The van der Waals surface area contributed by atoms with Crippen molar-refractivity contribution in [3.8, 4) is 0 Å². The van der Waals surface area contributed by atoms with Crippen LogP contribution in [-0.2, 0) is 6.54 Å². The Morgan fingerprint density at radius 2 is 1.80 bits per heavy atom. The topological polar surface area (TPSA) is 15.3 Å². The third kappa shape index (κ3) is 3.81. The molecule has 5 heteroatoms. The van der Waals surface area contributed by atoms with Crippen LogP contribution in [0.2, 0.25) is 10.0 Å². The first-order valence-corrected chi connectivity index (χ1v) is 7.67. The van der Waals surface area contributed by atoms with Gasteiger partial charge in [0.1, 0.15) is 0 Å². The summed E-state index contributed by atoms with van der Waals surface area (Å²) >= 11 is 15.8. The quantitative estimate of drug-likeness (QED) is 0.768. The lowest BCUT2D eigenvalue weighted by Crippen LogP contribution is -2.09. The fourth-order valence-corrected chi connectivity index (χ4v) is 2.93. The maximum atomic E-state index is 6.24. The van der Waals surface area contributed by atoms with Crippen molar-refractivity contribution in [3.05, 3.63) is 56.5 Å². The minimum absolute atomic E-state index is 0.657. The van der Waals surface area contributed by atoms with E-state index in [9.17, 15) is 0 Å². The first-order chi connectivity index (χ1) is 9.47. The summed E-state index contributed by atoms with van der Waals surface area (Å²) in [7, 11) is 3.94. The van der Waals surface area contributed by atoms with Crippen LogP contribution in [0.1, 0.15) is 5.56 Å². The lowest BCUT2D eigenvalue weighted by Gasteiger charge is -2.16. The summed E-state index contributed by atoms with van der Waals surface area (Å²) in [5.41, 5.74) is 3.01. The van der Waals surface area contributed by atoms with E-state index >= 15 is 0 Å². The Kier molecular flexibility index (Phi) is 5.19. The van der Waals surface area contributed by atoms with Gasteiger partial charge in [0.05, 0.1) is 10.7 Å². The predicted molar refractivity (Wildman–Crippen MR) is 92.3 cm³/mol. The first-order valence-electron chi connectivity index (χ1n) is 6.12. The SMILES string of the molecule is CN(C)c1ccc(NCc2ccc(Br)cc2Cl)cc1Cl. The molecule has 0 aliphatic rings. The molecule has 0 atom stereocenters. The number of benzene rings is 2. The molecule has 0 bridgehead atoms. The molecule has 0 saturated carbocycles. The van der Waals surface area contributed by atoms with Crippen LogP contribution in [0.4, 0.5) is 11.4 Å². The molecule has 0 saturated heterocycles. The number of nitrogens with zero attached hydrogens (tertiary/aromatic N) is 1. The van der Waals surface area contributed by atoms with Crippen molar-refractivity contribution in [2.24, 2.45) is 0 Å². The van der Waals surface area contributed by atoms with Crippen LogP contribution in [0, 0.1) is 0 Å². The average molecular weight is 374 g/mol. The van der Waals surface area contributed by atoms with Gasteiger partial charge < -0.3 is 10.2 Å². The van der Waals surface area contributed by atoms with Crippen LogP contribution in [-0.4, -0.2) is 14.1 Å². The van der Waals surface area contributed by atoms with Gasteiger partial charge >= 0.3 is 0 Å². The second kappa shape index (κ2) is 6.70. The Bertz CT molecular complexity index is 615. The van der Waals surface area contributed by atoms with Gasteiger partial charge in [-0.15, -0.1) is 0 Å². The van der Waals surface area contributed by atoms with E-state index in [1.807, 2.05) is 55.4 Å². The van der Waals surface area contributed by atoms with E-state index in [-0.39, 0.29) is 0 Å². The van der Waals surface area contributed by atoms with Crippen molar-refractivity contribution in [3.63, 3.8) is 0 Å². The highest BCUT2D eigenvalue weighted by molar-refractivity contribution is 9.10. The van der Waals surface area contributed by atoms with Crippen molar-refractivity contribution in [2.75, 3.05) is 24.3 Å². The normalized spacial score (nSPS) is 10.4. The molecule has 0 amide bonds. The molecule has 0 spiro atoms. The maximum Gasteiger partial charge on any atom is 0.0659 e. The van der Waals surface area contributed by atoms with Crippen LogP contribution < -0.4 is 10.2 Å². The lowest BCUT2D eigenvalue weighted by atomic mass is 10.2. The Morgan fingerprint density at radius 3 is 2.40 bits per heavy atom. The van der Waals surface area contributed by atoms with Crippen molar-refractivity contribution in [1.82, 2.24) is 0 Å². The smallest absolute Gasteiger partial charge is 0.0659 e. The summed E-state index contributed by atoms with van der Waals surface area (Å²) in [6, 6.07) is 11.8. The summed E-state index contributed by atoms with van der Waals surface area (Å²) in [6.07, 6.45) is 0. The number of hydrogen-bond acceptors (Lipinski definition) is 2.